The number of carbonyl (C=O) groups is 3. The fourth-order valence-corrected chi connectivity index (χ4v) is 3.03. The molecule has 0 aliphatic carbocycles. The summed E-state index contributed by atoms with van der Waals surface area (Å²) in [4.78, 5) is 37.3. The number of aromatic nitrogens is 1. The van der Waals surface area contributed by atoms with E-state index < -0.39 is 36.2 Å². The third-order valence-corrected chi connectivity index (χ3v) is 4.12. The zero-order chi connectivity index (χ0) is 17.0. The van der Waals surface area contributed by atoms with Gasteiger partial charge in [-0.15, -0.1) is 0 Å². The Labute approximate surface area is 134 Å². The molecule has 0 saturated carbocycles. The number of fused-ring (bicyclic) bond motifs is 1. The average Bonchev–Trinajstić information content (AvgIpc) is 2.88. The van der Waals surface area contributed by atoms with Gasteiger partial charge in [0, 0.05) is 5.75 Å². The van der Waals surface area contributed by atoms with Gasteiger partial charge >= 0.3 is 17.9 Å². The standard InChI is InChI=1S/C14H13NO7S/c16-11(17)5-7(12(18)19)8(13(20)21)6-23-14-15-9-3-1-2-4-10(9)22-14/h1-4,7-8H,5-6H2,(H,16,17)(H,18,19)(H,20,21). The maximum atomic E-state index is 11.3. The molecule has 3 N–H and O–H groups in total. The van der Waals surface area contributed by atoms with Crippen molar-refractivity contribution >= 4 is 40.8 Å². The van der Waals surface area contributed by atoms with E-state index in [2.05, 4.69) is 4.98 Å². The van der Waals surface area contributed by atoms with Gasteiger partial charge in [0.05, 0.1) is 18.3 Å². The fourth-order valence-electron chi connectivity index (χ4n) is 2.02. The zero-order valence-electron chi connectivity index (χ0n) is 11.7. The van der Waals surface area contributed by atoms with E-state index in [9.17, 15) is 19.5 Å². The highest BCUT2D eigenvalue weighted by atomic mass is 32.2. The van der Waals surface area contributed by atoms with Gasteiger partial charge in [-0.05, 0) is 12.1 Å². The number of carboxylic acids is 3. The van der Waals surface area contributed by atoms with Crippen LogP contribution in [-0.4, -0.2) is 44.0 Å². The lowest BCUT2D eigenvalue weighted by Crippen LogP contribution is -2.33. The van der Waals surface area contributed by atoms with E-state index in [0.717, 1.165) is 11.8 Å². The minimum Gasteiger partial charge on any atom is -0.481 e. The highest BCUT2D eigenvalue weighted by Gasteiger charge is 2.35. The summed E-state index contributed by atoms with van der Waals surface area (Å²) in [6.07, 6.45) is -0.763. The Bertz CT molecular complexity index is 709. The van der Waals surface area contributed by atoms with Crippen LogP contribution in [0.2, 0.25) is 0 Å². The van der Waals surface area contributed by atoms with Crippen LogP contribution in [0.3, 0.4) is 0 Å². The molecule has 8 nitrogen and oxygen atoms in total. The van der Waals surface area contributed by atoms with Gasteiger partial charge < -0.3 is 19.7 Å². The van der Waals surface area contributed by atoms with Crippen molar-refractivity contribution < 1.29 is 34.1 Å². The molecule has 0 amide bonds. The predicted molar refractivity (Wildman–Crippen MR) is 79.2 cm³/mol. The summed E-state index contributed by atoms with van der Waals surface area (Å²) in [5, 5.41) is 27.2. The van der Waals surface area contributed by atoms with Crippen LogP contribution in [0.1, 0.15) is 6.42 Å². The summed E-state index contributed by atoms with van der Waals surface area (Å²) in [5.41, 5.74) is 1.13. The normalized spacial score (nSPS) is 13.6. The molecule has 0 spiro atoms. The van der Waals surface area contributed by atoms with Gasteiger partial charge in [0.2, 0.25) is 0 Å². The summed E-state index contributed by atoms with van der Waals surface area (Å²) >= 11 is 0.941. The van der Waals surface area contributed by atoms with Crippen molar-refractivity contribution in [3.05, 3.63) is 24.3 Å². The molecule has 2 aromatic rings. The summed E-state index contributed by atoms with van der Waals surface area (Å²) < 4.78 is 5.41. The van der Waals surface area contributed by atoms with Crippen molar-refractivity contribution in [2.75, 3.05) is 5.75 Å². The fraction of sp³-hybridized carbons (Fsp3) is 0.286. The van der Waals surface area contributed by atoms with Crippen LogP contribution in [-0.2, 0) is 14.4 Å². The van der Waals surface area contributed by atoms with Crippen molar-refractivity contribution in [3.8, 4) is 0 Å². The molecule has 0 bridgehead atoms. The van der Waals surface area contributed by atoms with Gasteiger partial charge in [-0.1, -0.05) is 23.9 Å². The van der Waals surface area contributed by atoms with E-state index in [1.165, 1.54) is 0 Å². The molecule has 1 heterocycles. The van der Waals surface area contributed by atoms with E-state index in [1.807, 2.05) is 0 Å². The molecule has 9 heteroatoms. The average molecular weight is 339 g/mol. The third kappa shape index (κ3) is 4.22. The minimum atomic E-state index is -1.53. The van der Waals surface area contributed by atoms with Crippen LogP contribution in [0.5, 0.6) is 0 Å². The molecule has 122 valence electrons. The predicted octanol–water partition coefficient (Wildman–Crippen LogP) is 1.80. The van der Waals surface area contributed by atoms with Crippen LogP contribution >= 0.6 is 11.8 Å². The maximum Gasteiger partial charge on any atom is 0.308 e. The first kappa shape index (κ1) is 16.8. The van der Waals surface area contributed by atoms with Crippen LogP contribution < -0.4 is 0 Å². The number of benzene rings is 1. The molecule has 0 aliphatic rings. The Morgan fingerprint density at radius 3 is 2.30 bits per heavy atom. The lowest BCUT2D eigenvalue weighted by atomic mass is 9.91. The highest BCUT2D eigenvalue weighted by Crippen LogP contribution is 2.28. The molecule has 2 atom stereocenters. The second-order valence-corrected chi connectivity index (χ2v) is 5.72. The number of nitrogens with zero attached hydrogens (tertiary/aromatic N) is 1. The van der Waals surface area contributed by atoms with E-state index in [0.29, 0.717) is 11.1 Å². The highest BCUT2D eigenvalue weighted by molar-refractivity contribution is 7.99. The van der Waals surface area contributed by atoms with E-state index in [1.54, 1.807) is 24.3 Å². The van der Waals surface area contributed by atoms with Crippen LogP contribution in [0.15, 0.2) is 33.9 Å². The number of hydrogen-bond acceptors (Lipinski definition) is 6. The SMILES string of the molecule is O=C(O)CC(C(=O)O)C(CSc1nc2ccccc2o1)C(=O)O. The smallest absolute Gasteiger partial charge is 0.308 e. The zero-order valence-corrected chi connectivity index (χ0v) is 12.5. The first-order valence-electron chi connectivity index (χ1n) is 6.54. The molecule has 0 radical (unpaired) electrons. The number of oxazole rings is 1. The lowest BCUT2D eigenvalue weighted by molar-refractivity contribution is -0.156. The number of hydrogen-bond donors (Lipinski definition) is 3. The van der Waals surface area contributed by atoms with Crippen LogP contribution in [0.4, 0.5) is 0 Å². The molecule has 23 heavy (non-hydrogen) atoms. The number of aliphatic carboxylic acids is 3. The Balaban J connectivity index is 2.13. The molecule has 1 aromatic heterocycles. The van der Waals surface area contributed by atoms with Crippen LogP contribution in [0, 0.1) is 11.8 Å². The van der Waals surface area contributed by atoms with E-state index >= 15 is 0 Å². The Kier molecular flexibility index (Phi) is 5.22. The third-order valence-electron chi connectivity index (χ3n) is 3.18. The quantitative estimate of drug-likeness (QED) is 0.614. The van der Waals surface area contributed by atoms with E-state index in [4.69, 9.17) is 14.6 Å². The van der Waals surface area contributed by atoms with Crippen molar-refractivity contribution in [1.82, 2.24) is 4.98 Å². The number of para-hydroxylation sites is 2. The van der Waals surface area contributed by atoms with Crippen molar-refractivity contribution in [2.24, 2.45) is 11.8 Å². The van der Waals surface area contributed by atoms with Gasteiger partial charge in [-0.25, -0.2) is 4.98 Å². The van der Waals surface area contributed by atoms with Gasteiger partial charge in [-0.3, -0.25) is 14.4 Å². The second-order valence-electron chi connectivity index (χ2n) is 4.75. The van der Waals surface area contributed by atoms with Gasteiger partial charge in [0.15, 0.2) is 5.58 Å². The summed E-state index contributed by atoms with van der Waals surface area (Å²) in [7, 11) is 0. The first-order valence-corrected chi connectivity index (χ1v) is 7.53. The number of rotatable bonds is 8. The Morgan fingerprint density at radius 2 is 1.74 bits per heavy atom. The summed E-state index contributed by atoms with van der Waals surface area (Å²) in [6, 6.07) is 6.95. The van der Waals surface area contributed by atoms with Gasteiger partial charge in [0.1, 0.15) is 5.52 Å². The van der Waals surface area contributed by atoms with E-state index in [-0.39, 0.29) is 11.0 Å². The largest absolute Gasteiger partial charge is 0.481 e. The van der Waals surface area contributed by atoms with Gasteiger partial charge in [-0.2, -0.15) is 0 Å². The van der Waals surface area contributed by atoms with Gasteiger partial charge in [0.25, 0.3) is 5.22 Å². The molecule has 2 unspecified atom stereocenters. The monoisotopic (exact) mass is 339 g/mol. The molecule has 2 rings (SSSR count). The summed E-state index contributed by atoms with van der Waals surface area (Å²) in [6.45, 7) is 0. The maximum absolute atomic E-state index is 11.3. The molecular weight excluding hydrogens is 326 g/mol. The first-order chi connectivity index (χ1) is 10.9. The minimum absolute atomic E-state index is 0.160. The molecule has 0 fully saturated rings. The molecule has 0 aliphatic heterocycles. The molecular formula is C14H13NO7S. The van der Waals surface area contributed by atoms with Crippen molar-refractivity contribution in [1.29, 1.82) is 0 Å². The van der Waals surface area contributed by atoms with Crippen molar-refractivity contribution in [3.63, 3.8) is 0 Å². The lowest BCUT2D eigenvalue weighted by Gasteiger charge is -2.17. The molecule has 1 aromatic carbocycles. The van der Waals surface area contributed by atoms with Crippen molar-refractivity contribution in [2.45, 2.75) is 11.6 Å². The Hall–Kier alpha value is -2.55. The summed E-state index contributed by atoms with van der Waals surface area (Å²) in [5.74, 6) is -7.26. The number of carboxylic acid groups (broad SMARTS) is 3. The topological polar surface area (TPSA) is 138 Å². The second kappa shape index (κ2) is 7.14. The number of thioether (sulfide) groups is 1. The molecule has 0 saturated heterocycles. The Morgan fingerprint density at radius 1 is 1.09 bits per heavy atom. The van der Waals surface area contributed by atoms with Crippen LogP contribution in [0.25, 0.3) is 11.1 Å².